The molecule has 0 heterocycles. The third kappa shape index (κ3) is 3.85. The molecule has 0 amide bonds. The molecule has 0 saturated heterocycles. The van der Waals surface area contributed by atoms with E-state index in [9.17, 15) is 15.8 Å². The Hall–Kier alpha value is -4.73. The molecule has 0 atom stereocenters. The highest BCUT2D eigenvalue weighted by atomic mass is 31.2. The van der Waals surface area contributed by atoms with E-state index in [0.717, 1.165) is 21.2 Å². The van der Waals surface area contributed by atoms with Crippen molar-refractivity contribution in [2.45, 2.75) is 0 Å². The highest BCUT2D eigenvalue weighted by Gasteiger charge is 2.47. The minimum absolute atomic E-state index is 0.552. The summed E-state index contributed by atoms with van der Waals surface area (Å²) in [5, 5.41) is 32.1. The first-order chi connectivity index (χ1) is 16.1. The monoisotopic (exact) mass is 439 g/mol. The fourth-order valence-corrected chi connectivity index (χ4v) is 8.10. The van der Waals surface area contributed by atoms with Gasteiger partial charge in [-0.15, -0.1) is 0 Å². The van der Waals surface area contributed by atoms with Gasteiger partial charge in [0.1, 0.15) is 28.5 Å². The Morgan fingerprint density at radius 3 is 1.00 bits per heavy atom. The number of hydrogen-bond acceptors (Lipinski definition) is 3. The van der Waals surface area contributed by atoms with E-state index in [1.54, 1.807) is 0 Å². The normalized spacial score (nSPS) is 10.3. The van der Waals surface area contributed by atoms with Gasteiger partial charge in [-0.25, -0.2) is 4.85 Å². The maximum Gasteiger partial charge on any atom is 0.187 e. The summed E-state index contributed by atoms with van der Waals surface area (Å²) >= 11 is 0. The molecular formula is C28H16N4P+. The average molecular weight is 439 g/mol. The summed E-state index contributed by atoms with van der Waals surface area (Å²) in [6.07, 6.45) is 0. The Labute approximate surface area is 193 Å². The first-order valence-electron chi connectivity index (χ1n) is 10.0. The lowest BCUT2D eigenvalue weighted by Crippen LogP contribution is -2.38. The van der Waals surface area contributed by atoms with Crippen LogP contribution >= 0.6 is 7.26 Å². The van der Waals surface area contributed by atoms with Gasteiger partial charge >= 0.3 is 0 Å². The number of nitriles is 3. The fourth-order valence-electron chi connectivity index (χ4n) is 3.92. The predicted octanol–water partition coefficient (Wildman–Crippen LogP) is 4.47. The topological polar surface area (TPSA) is 75.7 Å². The molecule has 0 radical (unpaired) electrons. The van der Waals surface area contributed by atoms with Gasteiger partial charge in [0.05, 0.1) is 41.5 Å². The van der Waals surface area contributed by atoms with Crippen LogP contribution in [0.5, 0.6) is 0 Å². The molecule has 0 saturated carbocycles. The molecule has 0 aliphatic carbocycles. The van der Waals surface area contributed by atoms with Crippen LogP contribution in [0.3, 0.4) is 0 Å². The van der Waals surface area contributed by atoms with E-state index < -0.39 is 7.26 Å². The Balaban J connectivity index is 2.11. The van der Waals surface area contributed by atoms with E-state index in [1.807, 2.05) is 97.1 Å². The SMILES string of the molecule is [C-]#[N+]c1ccc([P+](c2ccc(C#N)cc2)(c2ccc(C#N)cc2)c2ccc(C#N)cc2)cc1. The zero-order chi connectivity index (χ0) is 23.3. The number of hydrogen-bond donors (Lipinski definition) is 0. The number of rotatable bonds is 4. The minimum Gasteiger partial charge on any atom is -0.238 e. The molecule has 4 rings (SSSR count). The summed E-state index contributed by atoms with van der Waals surface area (Å²) in [5.74, 6) is 0. The maximum atomic E-state index is 9.33. The average Bonchev–Trinajstić information content (AvgIpc) is 2.90. The minimum atomic E-state index is -2.46. The van der Waals surface area contributed by atoms with Crippen LogP contribution in [0.2, 0.25) is 0 Å². The summed E-state index contributed by atoms with van der Waals surface area (Å²) in [6.45, 7) is 7.34. The molecule has 0 fully saturated rings. The summed E-state index contributed by atoms with van der Waals surface area (Å²) in [7, 11) is -2.46. The van der Waals surface area contributed by atoms with Gasteiger partial charge < -0.3 is 0 Å². The first kappa shape index (κ1) is 21.5. The fraction of sp³-hybridized carbons (Fsp3) is 0. The highest BCUT2D eigenvalue weighted by molar-refractivity contribution is 8.01. The highest BCUT2D eigenvalue weighted by Crippen LogP contribution is 2.54. The quantitative estimate of drug-likeness (QED) is 0.348. The number of benzene rings is 4. The van der Waals surface area contributed by atoms with Crippen LogP contribution in [0.1, 0.15) is 16.7 Å². The Kier molecular flexibility index (Phi) is 5.98. The van der Waals surface area contributed by atoms with Gasteiger partial charge in [0.25, 0.3) is 0 Å². The van der Waals surface area contributed by atoms with Crippen molar-refractivity contribution in [2.75, 3.05) is 0 Å². The van der Waals surface area contributed by atoms with E-state index in [1.165, 1.54) is 0 Å². The van der Waals surface area contributed by atoms with Gasteiger partial charge in [0.2, 0.25) is 0 Å². The van der Waals surface area contributed by atoms with Crippen LogP contribution in [-0.4, -0.2) is 0 Å². The lowest BCUT2D eigenvalue weighted by molar-refractivity contribution is 1.49. The molecule has 4 aromatic rings. The van der Waals surface area contributed by atoms with Crippen molar-refractivity contribution in [2.24, 2.45) is 0 Å². The molecule has 0 aromatic heterocycles. The van der Waals surface area contributed by atoms with Crippen LogP contribution in [-0.2, 0) is 0 Å². The van der Waals surface area contributed by atoms with Gasteiger partial charge in [0, 0.05) is 0 Å². The molecule has 4 aromatic carbocycles. The summed E-state index contributed by atoms with van der Waals surface area (Å²) < 4.78 is 0. The largest absolute Gasteiger partial charge is 0.238 e. The van der Waals surface area contributed by atoms with Crippen LogP contribution in [0.15, 0.2) is 97.1 Å². The van der Waals surface area contributed by atoms with Crippen LogP contribution in [0.4, 0.5) is 5.69 Å². The second kappa shape index (κ2) is 9.18. The van der Waals surface area contributed by atoms with Crippen molar-refractivity contribution in [3.8, 4) is 18.2 Å². The smallest absolute Gasteiger partial charge is 0.187 e. The van der Waals surface area contributed by atoms with Crippen molar-refractivity contribution in [1.29, 1.82) is 15.8 Å². The molecule has 0 bridgehead atoms. The van der Waals surface area contributed by atoms with E-state index in [-0.39, 0.29) is 0 Å². The van der Waals surface area contributed by atoms with Gasteiger partial charge in [-0.3, -0.25) is 0 Å². The summed E-state index contributed by atoms with van der Waals surface area (Å²) in [4.78, 5) is 3.53. The molecule has 0 unspecified atom stereocenters. The van der Waals surface area contributed by atoms with Gasteiger partial charge in [-0.1, -0.05) is 12.1 Å². The second-order valence-corrected chi connectivity index (χ2v) is 10.7. The van der Waals surface area contributed by atoms with Gasteiger partial charge in [0.15, 0.2) is 5.69 Å². The molecule has 5 heteroatoms. The Morgan fingerprint density at radius 1 is 0.485 bits per heavy atom. The second-order valence-electron chi connectivity index (χ2n) is 7.28. The van der Waals surface area contributed by atoms with Crippen LogP contribution in [0.25, 0.3) is 4.85 Å². The lowest BCUT2D eigenvalue weighted by Gasteiger charge is -2.27. The first-order valence-corrected chi connectivity index (χ1v) is 11.8. The lowest BCUT2D eigenvalue weighted by atomic mass is 10.2. The van der Waals surface area contributed by atoms with Crippen molar-refractivity contribution < 1.29 is 0 Å². The number of nitrogens with zero attached hydrogens (tertiary/aromatic N) is 4. The molecule has 4 nitrogen and oxygen atoms in total. The standard InChI is InChI=1S/C28H16N4P/c1-32-24-8-16-28(17-9-24)33(25-10-2-21(18-29)3-11-25,26-12-4-22(19-30)5-13-26)27-14-6-23(20-31)7-15-27/h2-17H/q+1. The molecule has 33 heavy (non-hydrogen) atoms. The van der Waals surface area contributed by atoms with E-state index in [4.69, 9.17) is 6.57 Å². The third-order valence-corrected chi connectivity index (χ3v) is 9.81. The zero-order valence-corrected chi connectivity index (χ0v) is 18.4. The molecule has 0 aliphatic rings. The van der Waals surface area contributed by atoms with E-state index in [0.29, 0.717) is 22.4 Å². The van der Waals surface area contributed by atoms with E-state index in [2.05, 4.69) is 23.1 Å². The Morgan fingerprint density at radius 2 is 0.758 bits per heavy atom. The van der Waals surface area contributed by atoms with Crippen molar-refractivity contribution in [1.82, 2.24) is 0 Å². The van der Waals surface area contributed by atoms with Gasteiger partial charge in [-0.2, -0.15) is 15.8 Å². The summed E-state index contributed by atoms with van der Waals surface area (Å²) in [5.41, 5.74) is 2.26. The Bertz CT molecular complexity index is 1220. The maximum absolute atomic E-state index is 9.33. The van der Waals surface area contributed by atoms with Crippen molar-refractivity contribution >= 4 is 34.2 Å². The predicted molar refractivity (Wildman–Crippen MR) is 132 cm³/mol. The molecule has 0 aliphatic heterocycles. The molecular weight excluding hydrogens is 423 g/mol. The zero-order valence-electron chi connectivity index (χ0n) is 17.5. The van der Waals surface area contributed by atoms with Crippen molar-refractivity contribution in [3.63, 3.8) is 0 Å². The van der Waals surface area contributed by atoms with Crippen LogP contribution < -0.4 is 21.2 Å². The van der Waals surface area contributed by atoms with Gasteiger partial charge in [-0.05, 0) is 84.9 Å². The summed E-state index contributed by atoms with van der Waals surface area (Å²) in [6, 6.07) is 36.9. The molecule has 152 valence electrons. The molecule has 0 spiro atoms. The van der Waals surface area contributed by atoms with Crippen molar-refractivity contribution in [3.05, 3.63) is 125 Å². The third-order valence-electron chi connectivity index (χ3n) is 5.52. The van der Waals surface area contributed by atoms with Crippen LogP contribution in [0, 0.1) is 40.6 Å². The van der Waals surface area contributed by atoms with E-state index >= 15 is 0 Å². The molecule has 0 N–H and O–H groups in total.